The summed E-state index contributed by atoms with van der Waals surface area (Å²) in [7, 11) is 1.41. The van der Waals surface area contributed by atoms with E-state index >= 15 is 0 Å². The molecule has 0 saturated carbocycles. The number of rotatable bonds is 4. The minimum absolute atomic E-state index is 0.0318. The van der Waals surface area contributed by atoms with Crippen molar-refractivity contribution in [1.29, 1.82) is 0 Å². The Bertz CT molecular complexity index is 675. The number of aryl methyl sites for hydroxylation is 1. The molecule has 1 amide bonds. The Labute approximate surface area is 166 Å². The maximum Gasteiger partial charge on any atom is 0.341 e. The second-order valence-electron chi connectivity index (χ2n) is 8.30. The molecule has 150 valence electrons. The second kappa shape index (κ2) is 9.20. The van der Waals surface area contributed by atoms with Gasteiger partial charge in [0, 0.05) is 18.0 Å². The lowest BCUT2D eigenvalue weighted by Gasteiger charge is -2.34. The molecule has 6 heteroatoms. The van der Waals surface area contributed by atoms with Gasteiger partial charge < -0.3 is 10.1 Å². The van der Waals surface area contributed by atoms with Gasteiger partial charge in [-0.15, -0.1) is 11.3 Å². The normalized spacial score (nSPS) is 23.8. The van der Waals surface area contributed by atoms with Gasteiger partial charge in [-0.1, -0.05) is 26.7 Å². The highest BCUT2D eigenvalue weighted by atomic mass is 32.1. The first-order valence-corrected chi connectivity index (χ1v) is 11.0. The second-order valence-corrected chi connectivity index (χ2v) is 9.41. The minimum Gasteiger partial charge on any atom is -0.465 e. The number of carbonyl (C=O) groups is 2. The average molecular weight is 393 g/mol. The number of likely N-dealkylation sites (tertiary alicyclic amines) is 1. The van der Waals surface area contributed by atoms with Crippen LogP contribution in [-0.2, 0) is 22.4 Å². The van der Waals surface area contributed by atoms with Crippen molar-refractivity contribution in [1.82, 2.24) is 4.90 Å². The number of anilines is 1. The Kier molecular flexibility index (Phi) is 6.93. The fourth-order valence-electron chi connectivity index (χ4n) is 4.62. The van der Waals surface area contributed by atoms with Crippen LogP contribution in [0.3, 0.4) is 0 Å². The number of esters is 1. The van der Waals surface area contributed by atoms with Crippen LogP contribution in [0, 0.1) is 11.8 Å². The van der Waals surface area contributed by atoms with Crippen molar-refractivity contribution in [2.24, 2.45) is 11.8 Å². The Morgan fingerprint density at radius 3 is 2.44 bits per heavy atom. The molecule has 0 bridgehead atoms. The molecule has 1 N–H and O–H groups in total. The highest BCUT2D eigenvalue weighted by Crippen LogP contribution is 2.37. The summed E-state index contributed by atoms with van der Waals surface area (Å²) < 4.78 is 5.04. The molecule has 0 spiro atoms. The molecule has 2 heterocycles. The van der Waals surface area contributed by atoms with Gasteiger partial charge >= 0.3 is 5.97 Å². The summed E-state index contributed by atoms with van der Waals surface area (Å²) in [5.41, 5.74) is 1.69. The van der Waals surface area contributed by atoms with Crippen molar-refractivity contribution < 1.29 is 14.3 Å². The molecule has 5 nitrogen and oxygen atoms in total. The van der Waals surface area contributed by atoms with Gasteiger partial charge in [-0.25, -0.2) is 4.79 Å². The van der Waals surface area contributed by atoms with Crippen molar-refractivity contribution in [2.75, 3.05) is 32.1 Å². The Morgan fingerprint density at radius 1 is 1.11 bits per heavy atom. The van der Waals surface area contributed by atoms with Crippen molar-refractivity contribution in [3.63, 3.8) is 0 Å². The lowest BCUT2D eigenvalue weighted by atomic mass is 9.92. The Hall–Kier alpha value is -1.40. The van der Waals surface area contributed by atoms with E-state index in [1.807, 2.05) is 0 Å². The first-order chi connectivity index (χ1) is 13.0. The summed E-state index contributed by atoms with van der Waals surface area (Å²) in [5.74, 6) is 0.877. The van der Waals surface area contributed by atoms with Gasteiger partial charge in [-0.2, -0.15) is 0 Å². The van der Waals surface area contributed by atoms with Crippen LogP contribution >= 0.6 is 11.3 Å². The fourth-order valence-corrected chi connectivity index (χ4v) is 5.91. The summed E-state index contributed by atoms with van der Waals surface area (Å²) in [6.45, 7) is 6.80. The molecule has 1 saturated heterocycles. The van der Waals surface area contributed by atoms with Crippen LogP contribution in [0.25, 0.3) is 0 Å². The largest absolute Gasteiger partial charge is 0.465 e. The van der Waals surface area contributed by atoms with Gasteiger partial charge in [0.2, 0.25) is 5.91 Å². The van der Waals surface area contributed by atoms with Gasteiger partial charge in [0.15, 0.2) is 0 Å². The summed E-state index contributed by atoms with van der Waals surface area (Å²) in [4.78, 5) is 28.6. The predicted molar refractivity (Wildman–Crippen MR) is 110 cm³/mol. The average Bonchev–Trinajstić information content (AvgIpc) is 2.89. The van der Waals surface area contributed by atoms with E-state index in [2.05, 4.69) is 24.1 Å². The van der Waals surface area contributed by atoms with E-state index in [1.165, 1.54) is 31.2 Å². The van der Waals surface area contributed by atoms with Crippen molar-refractivity contribution in [3.05, 3.63) is 16.0 Å². The molecule has 2 aliphatic rings. The number of nitrogens with zero attached hydrogens (tertiary/aromatic N) is 1. The van der Waals surface area contributed by atoms with Crippen LogP contribution in [-0.4, -0.2) is 43.5 Å². The zero-order chi connectivity index (χ0) is 19.4. The van der Waals surface area contributed by atoms with E-state index in [-0.39, 0.29) is 11.9 Å². The number of ether oxygens (including phenoxy) is 1. The van der Waals surface area contributed by atoms with Crippen LogP contribution in [0.5, 0.6) is 0 Å². The maximum absolute atomic E-state index is 12.7. The quantitative estimate of drug-likeness (QED) is 0.784. The topological polar surface area (TPSA) is 58.6 Å². The number of methoxy groups -OCH3 is 1. The first-order valence-electron chi connectivity index (χ1n) is 10.2. The molecule has 1 aromatic heterocycles. The maximum atomic E-state index is 12.7. The zero-order valence-electron chi connectivity index (χ0n) is 16.8. The third-order valence-corrected chi connectivity index (χ3v) is 6.83. The lowest BCUT2D eigenvalue weighted by Crippen LogP contribution is -2.42. The van der Waals surface area contributed by atoms with Crippen molar-refractivity contribution >= 4 is 28.2 Å². The number of fused-ring (bicyclic) bond motifs is 1. The molecule has 0 aromatic carbocycles. The number of piperidine rings is 1. The summed E-state index contributed by atoms with van der Waals surface area (Å²) in [5, 5.41) is 3.72. The molecule has 2 unspecified atom stereocenters. The smallest absolute Gasteiger partial charge is 0.341 e. The lowest BCUT2D eigenvalue weighted by molar-refractivity contribution is -0.117. The summed E-state index contributed by atoms with van der Waals surface area (Å²) in [6.07, 6.45) is 7.77. The summed E-state index contributed by atoms with van der Waals surface area (Å²) >= 11 is 1.57. The molecular formula is C21H32N2O3S. The monoisotopic (exact) mass is 392 g/mol. The Balaban J connectivity index is 1.76. The van der Waals surface area contributed by atoms with Crippen LogP contribution in [0.2, 0.25) is 0 Å². The van der Waals surface area contributed by atoms with Crippen LogP contribution in [0.1, 0.15) is 66.8 Å². The third kappa shape index (κ3) is 5.11. The molecular weight excluding hydrogens is 360 g/mol. The molecule has 1 fully saturated rings. The van der Waals surface area contributed by atoms with Crippen LogP contribution in [0.4, 0.5) is 5.00 Å². The number of carbonyl (C=O) groups excluding carboxylic acids is 2. The molecule has 1 aliphatic heterocycles. The Morgan fingerprint density at radius 2 is 1.78 bits per heavy atom. The van der Waals surface area contributed by atoms with E-state index in [0.29, 0.717) is 28.9 Å². The van der Waals surface area contributed by atoms with Crippen molar-refractivity contribution in [2.45, 2.75) is 58.8 Å². The van der Waals surface area contributed by atoms with E-state index < -0.39 is 0 Å². The van der Waals surface area contributed by atoms with Crippen LogP contribution in [0.15, 0.2) is 0 Å². The molecule has 27 heavy (non-hydrogen) atoms. The highest BCUT2D eigenvalue weighted by Gasteiger charge is 2.27. The predicted octanol–water partition coefficient (Wildman–Crippen LogP) is 4.11. The van der Waals surface area contributed by atoms with Gasteiger partial charge in [-0.3, -0.25) is 9.69 Å². The number of nitrogens with one attached hydrogen (secondary N) is 1. The number of hydrogen-bond acceptors (Lipinski definition) is 5. The first kappa shape index (κ1) is 20.3. The van der Waals surface area contributed by atoms with Gasteiger partial charge in [0.25, 0.3) is 0 Å². The zero-order valence-corrected chi connectivity index (χ0v) is 17.6. The number of amides is 1. The molecule has 2 atom stereocenters. The molecule has 1 aromatic rings. The number of hydrogen-bond donors (Lipinski definition) is 1. The van der Waals surface area contributed by atoms with E-state index in [4.69, 9.17) is 4.74 Å². The fraction of sp³-hybridized carbons (Fsp3) is 0.714. The molecule has 1 aliphatic carbocycles. The third-order valence-electron chi connectivity index (χ3n) is 5.63. The van der Waals surface area contributed by atoms with Crippen LogP contribution < -0.4 is 5.32 Å². The van der Waals surface area contributed by atoms with E-state index in [0.717, 1.165) is 44.3 Å². The molecule has 3 rings (SSSR count). The van der Waals surface area contributed by atoms with Gasteiger partial charge in [0.1, 0.15) is 5.00 Å². The van der Waals surface area contributed by atoms with Crippen molar-refractivity contribution in [3.8, 4) is 0 Å². The molecule has 0 radical (unpaired) electrons. The summed E-state index contributed by atoms with van der Waals surface area (Å²) in [6, 6.07) is 0. The SMILES string of the molecule is COC(=O)c1c(NC(=O)CN2CC(C)CC(C)C2)sc2c1CCCCCC2. The van der Waals surface area contributed by atoms with E-state index in [9.17, 15) is 9.59 Å². The number of thiophene rings is 1. The highest BCUT2D eigenvalue weighted by molar-refractivity contribution is 7.17. The van der Waals surface area contributed by atoms with Gasteiger partial charge in [0.05, 0.1) is 19.2 Å². The minimum atomic E-state index is -0.330. The van der Waals surface area contributed by atoms with Gasteiger partial charge in [-0.05, 0) is 49.5 Å². The standard InChI is InChI=1S/C21H32N2O3S/c1-14-10-15(2)12-23(11-14)13-18(24)22-20-19(21(25)26-3)16-8-6-4-5-7-9-17(16)27-20/h14-15H,4-13H2,1-3H3,(H,22,24). The van der Waals surface area contributed by atoms with E-state index in [1.54, 1.807) is 11.3 Å².